The summed E-state index contributed by atoms with van der Waals surface area (Å²) in [5, 5.41) is 13.0. The molecule has 1 fully saturated rings. The van der Waals surface area contributed by atoms with Crippen LogP contribution in [-0.4, -0.2) is 41.2 Å². The largest absolute Gasteiger partial charge is 0.444 e. The lowest BCUT2D eigenvalue weighted by atomic mass is 9.84. The third kappa shape index (κ3) is 5.23. The molecule has 1 amide bonds. The van der Waals surface area contributed by atoms with Gasteiger partial charge in [0.1, 0.15) is 5.60 Å². The Morgan fingerprint density at radius 1 is 1.44 bits per heavy atom. The summed E-state index contributed by atoms with van der Waals surface area (Å²) in [7, 11) is 0. The molecule has 5 nitrogen and oxygen atoms in total. The van der Waals surface area contributed by atoms with Crippen molar-refractivity contribution in [1.29, 1.82) is 0 Å². The first-order valence-corrected chi connectivity index (χ1v) is 6.35. The number of hydrogen-bond donors (Lipinski definition) is 2. The molecule has 1 heterocycles. The van der Waals surface area contributed by atoms with Crippen molar-refractivity contribution in [3.05, 3.63) is 0 Å². The maximum Gasteiger partial charge on any atom is 0.407 e. The number of rotatable bonds is 2. The summed E-state index contributed by atoms with van der Waals surface area (Å²) in [4.78, 5) is 11.5. The predicted octanol–water partition coefficient (Wildman–Crippen LogP) is 1.83. The van der Waals surface area contributed by atoms with Crippen molar-refractivity contribution in [1.82, 2.24) is 5.32 Å². The van der Waals surface area contributed by atoms with Gasteiger partial charge >= 0.3 is 6.09 Å². The molecule has 0 spiro atoms. The first kappa shape index (κ1) is 15.2. The van der Waals surface area contributed by atoms with Crippen LogP contribution in [0.5, 0.6) is 0 Å². The number of aliphatic hydroxyl groups is 1. The van der Waals surface area contributed by atoms with Crippen molar-refractivity contribution in [2.45, 2.75) is 64.3 Å². The van der Waals surface area contributed by atoms with Crippen LogP contribution in [0, 0.1) is 0 Å². The van der Waals surface area contributed by atoms with Crippen molar-refractivity contribution in [3.8, 4) is 0 Å². The average Bonchev–Trinajstić information content (AvgIpc) is 2.10. The van der Waals surface area contributed by atoms with E-state index in [1.807, 2.05) is 13.8 Å². The predicted molar refractivity (Wildman–Crippen MR) is 68.5 cm³/mol. The van der Waals surface area contributed by atoms with Crippen molar-refractivity contribution in [2.24, 2.45) is 0 Å². The number of amides is 1. The number of nitrogens with one attached hydrogen (secondary N) is 1. The molecule has 2 N–H and O–H groups in total. The van der Waals surface area contributed by atoms with Gasteiger partial charge in [-0.25, -0.2) is 4.79 Å². The second-order valence-electron chi connectivity index (χ2n) is 6.61. The highest BCUT2D eigenvalue weighted by atomic mass is 16.6. The zero-order valence-electron chi connectivity index (χ0n) is 12.0. The molecule has 0 aromatic rings. The highest BCUT2D eigenvalue weighted by Crippen LogP contribution is 2.31. The van der Waals surface area contributed by atoms with Crippen LogP contribution in [0.25, 0.3) is 0 Å². The monoisotopic (exact) mass is 259 g/mol. The zero-order valence-corrected chi connectivity index (χ0v) is 12.0. The Labute approximate surface area is 109 Å². The molecule has 1 rings (SSSR count). The SMILES string of the molecule is CC(C)(C)OC(=O)NCC1(O)CCOC(C)(C)C1. The van der Waals surface area contributed by atoms with Crippen LogP contribution in [0.15, 0.2) is 0 Å². The van der Waals surface area contributed by atoms with Gasteiger partial charge in [0, 0.05) is 19.4 Å². The minimum atomic E-state index is -0.918. The lowest BCUT2D eigenvalue weighted by Gasteiger charge is -2.41. The van der Waals surface area contributed by atoms with Crippen LogP contribution >= 0.6 is 0 Å². The fourth-order valence-electron chi connectivity index (χ4n) is 2.15. The molecule has 0 radical (unpaired) electrons. The van der Waals surface area contributed by atoms with Gasteiger partial charge in [0.2, 0.25) is 0 Å². The van der Waals surface area contributed by atoms with E-state index < -0.39 is 17.3 Å². The van der Waals surface area contributed by atoms with E-state index in [-0.39, 0.29) is 12.1 Å². The molecular weight excluding hydrogens is 234 g/mol. The number of carbonyl (C=O) groups is 1. The van der Waals surface area contributed by atoms with Gasteiger partial charge in [0.15, 0.2) is 0 Å². The van der Waals surface area contributed by atoms with E-state index in [0.717, 1.165) is 0 Å². The van der Waals surface area contributed by atoms with E-state index in [4.69, 9.17) is 9.47 Å². The number of carbonyl (C=O) groups excluding carboxylic acids is 1. The Morgan fingerprint density at radius 2 is 2.06 bits per heavy atom. The third-order valence-electron chi connectivity index (χ3n) is 2.78. The standard InChI is InChI=1S/C13H25NO4/c1-11(2,3)18-10(15)14-9-13(16)6-7-17-12(4,5)8-13/h16H,6-9H2,1-5H3,(H,14,15). The molecule has 0 aromatic heterocycles. The maximum absolute atomic E-state index is 11.5. The van der Waals surface area contributed by atoms with Gasteiger partial charge in [0.05, 0.1) is 17.8 Å². The van der Waals surface area contributed by atoms with Crippen LogP contribution in [0.4, 0.5) is 4.79 Å². The molecule has 5 heteroatoms. The lowest BCUT2D eigenvalue weighted by Crippen LogP contribution is -2.52. The highest BCUT2D eigenvalue weighted by Gasteiger charge is 2.39. The first-order valence-electron chi connectivity index (χ1n) is 6.35. The van der Waals surface area contributed by atoms with Crippen LogP contribution in [-0.2, 0) is 9.47 Å². The molecule has 0 bridgehead atoms. The van der Waals surface area contributed by atoms with E-state index in [1.165, 1.54) is 0 Å². The third-order valence-corrected chi connectivity index (χ3v) is 2.78. The first-order chi connectivity index (χ1) is 8.02. The van der Waals surface area contributed by atoms with E-state index in [9.17, 15) is 9.90 Å². The summed E-state index contributed by atoms with van der Waals surface area (Å²) in [6, 6.07) is 0. The van der Waals surface area contributed by atoms with E-state index >= 15 is 0 Å². The smallest absolute Gasteiger partial charge is 0.407 e. The van der Waals surface area contributed by atoms with Crippen LogP contribution in [0.3, 0.4) is 0 Å². The van der Waals surface area contributed by atoms with Crippen molar-refractivity contribution in [3.63, 3.8) is 0 Å². The summed E-state index contributed by atoms with van der Waals surface area (Å²) in [6.45, 7) is 9.97. The van der Waals surface area contributed by atoms with Crippen LogP contribution in [0.1, 0.15) is 47.5 Å². The molecule has 18 heavy (non-hydrogen) atoms. The van der Waals surface area contributed by atoms with Gasteiger partial charge in [-0.2, -0.15) is 0 Å². The molecular formula is C13H25NO4. The molecule has 1 unspecified atom stereocenters. The Hall–Kier alpha value is -0.810. The van der Waals surface area contributed by atoms with Crippen molar-refractivity contribution < 1.29 is 19.4 Å². The van der Waals surface area contributed by atoms with Gasteiger partial charge in [0.25, 0.3) is 0 Å². The summed E-state index contributed by atoms with van der Waals surface area (Å²) in [5.41, 5.74) is -1.80. The fraction of sp³-hybridized carbons (Fsp3) is 0.923. The van der Waals surface area contributed by atoms with E-state index in [2.05, 4.69) is 5.32 Å². The molecule has 0 saturated carbocycles. The summed E-state index contributed by atoms with van der Waals surface area (Å²) < 4.78 is 10.7. The second kappa shape index (κ2) is 5.05. The Bertz CT molecular complexity index is 309. The average molecular weight is 259 g/mol. The fourth-order valence-corrected chi connectivity index (χ4v) is 2.15. The Kier molecular flexibility index (Phi) is 4.28. The quantitative estimate of drug-likeness (QED) is 0.794. The molecule has 1 saturated heterocycles. The van der Waals surface area contributed by atoms with Crippen molar-refractivity contribution in [2.75, 3.05) is 13.2 Å². The topological polar surface area (TPSA) is 67.8 Å². The van der Waals surface area contributed by atoms with Gasteiger partial charge in [-0.1, -0.05) is 0 Å². The molecule has 106 valence electrons. The molecule has 0 aromatic carbocycles. The van der Waals surface area contributed by atoms with Crippen LogP contribution in [0.2, 0.25) is 0 Å². The normalized spacial score (nSPS) is 27.7. The summed E-state index contributed by atoms with van der Waals surface area (Å²) >= 11 is 0. The molecule has 0 aliphatic carbocycles. The minimum Gasteiger partial charge on any atom is -0.444 e. The Balaban J connectivity index is 2.45. The van der Waals surface area contributed by atoms with Gasteiger partial charge in [-0.15, -0.1) is 0 Å². The van der Waals surface area contributed by atoms with Crippen LogP contribution < -0.4 is 5.32 Å². The second-order valence-corrected chi connectivity index (χ2v) is 6.61. The number of ether oxygens (including phenoxy) is 2. The van der Waals surface area contributed by atoms with Gasteiger partial charge in [-0.05, 0) is 34.6 Å². The van der Waals surface area contributed by atoms with Gasteiger partial charge < -0.3 is 19.9 Å². The molecule has 1 aliphatic rings. The van der Waals surface area contributed by atoms with Crippen molar-refractivity contribution >= 4 is 6.09 Å². The summed E-state index contributed by atoms with van der Waals surface area (Å²) in [5.74, 6) is 0. The van der Waals surface area contributed by atoms with E-state index in [1.54, 1.807) is 20.8 Å². The minimum absolute atomic E-state index is 0.189. The summed E-state index contributed by atoms with van der Waals surface area (Å²) in [6.07, 6.45) is 0.516. The molecule has 1 atom stereocenters. The Morgan fingerprint density at radius 3 is 2.56 bits per heavy atom. The van der Waals surface area contributed by atoms with Gasteiger partial charge in [-0.3, -0.25) is 0 Å². The molecule has 1 aliphatic heterocycles. The maximum atomic E-state index is 11.5. The number of hydrogen-bond acceptors (Lipinski definition) is 4. The highest BCUT2D eigenvalue weighted by molar-refractivity contribution is 5.67. The number of alkyl carbamates (subject to hydrolysis) is 1. The lowest BCUT2D eigenvalue weighted by molar-refractivity contribution is -0.142. The van der Waals surface area contributed by atoms with E-state index in [0.29, 0.717) is 19.4 Å². The zero-order chi connectivity index (χ0) is 14.0.